The van der Waals surface area contributed by atoms with Crippen LogP contribution in [0.15, 0.2) is 76.7 Å². The monoisotopic (exact) mass is 729 g/mol. The first kappa shape index (κ1) is 39.4. The van der Waals surface area contributed by atoms with Crippen LogP contribution in [0.2, 0.25) is 0 Å². The molecule has 0 aliphatic carbocycles. The van der Waals surface area contributed by atoms with E-state index in [0.717, 1.165) is 16.3 Å². The number of nitrogens with two attached hydrogens (primary N) is 4. The van der Waals surface area contributed by atoms with Gasteiger partial charge in [-0.05, 0) is 59.7 Å². The zero-order valence-electron chi connectivity index (χ0n) is 29.2. The lowest BCUT2D eigenvalue weighted by Crippen LogP contribution is -2.58. The van der Waals surface area contributed by atoms with E-state index in [-0.39, 0.29) is 69.3 Å². The molecule has 0 saturated carbocycles. The van der Waals surface area contributed by atoms with Gasteiger partial charge in [-0.2, -0.15) is 0 Å². The molecule has 0 radical (unpaired) electrons. The summed E-state index contributed by atoms with van der Waals surface area (Å²) in [6.07, 6.45) is 0.769. The number of benzene rings is 3. The molecule has 1 saturated heterocycles. The Balaban J connectivity index is 1.68. The van der Waals surface area contributed by atoms with E-state index in [1.807, 2.05) is 42.5 Å². The molecular formula is C36H47N11O6. The molecule has 282 valence electrons. The Morgan fingerprint density at radius 3 is 1.68 bits per heavy atom. The highest BCUT2D eigenvalue weighted by Crippen LogP contribution is 2.17. The number of nitrogens with one attached hydrogen (secondary N) is 5. The SMILES string of the molecule is NC(N)=NCCC[C@@H]1NC(=O)[C@H](Cc2ccc3ccccc3c2)NC(=O)CNC(=O)[C@H](Cc2ccc(O)cc2)NC(=O)[C@@H](CCCN=C(N)N)NC1=O. The van der Waals surface area contributed by atoms with E-state index in [1.54, 1.807) is 12.1 Å². The Morgan fingerprint density at radius 2 is 1.09 bits per heavy atom. The molecule has 3 aromatic carbocycles. The lowest BCUT2D eigenvalue weighted by Gasteiger charge is -2.26. The Morgan fingerprint density at radius 1 is 0.604 bits per heavy atom. The molecule has 4 rings (SSSR count). The smallest absolute Gasteiger partial charge is 0.243 e. The minimum atomic E-state index is -1.19. The molecule has 17 nitrogen and oxygen atoms in total. The predicted octanol–water partition coefficient (Wildman–Crippen LogP) is -1.49. The topological polar surface area (TPSA) is 295 Å². The Bertz CT molecular complexity index is 1820. The maximum absolute atomic E-state index is 13.9. The summed E-state index contributed by atoms with van der Waals surface area (Å²) in [5, 5.41) is 25.1. The Labute approximate surface area is 306 Å². The van der Waals surface area contributed by atoms with Gasteiger partial charge in [0.25, 0.3) is 0 Å². The van der Waals surface area contributed by atoms with Gasteiger partial charge >= 0.3 is 0 Å². The molecule has 17 heteroatoms. The van der Waals surface area contributed by atoms with Crippen molar-refractivity contribution in [2.45, 2.75) is 62.7 Å². The van der Waals surface area contributed by atoms with Crippen LogP contribution in [0.5, 0.6) is 5.75 Å². The number of rotatable bonds is 12. The highest BCUT2D eigenvalue weighted by atomic mass is 16.3. The number of hydrogen-bond donors (Lipinski definition) is 10. The number of aromatic hydroxyl groups is 1. The molecule has 1 heterocycles. The first-order valence-electron chi connectivity index (χ1n) is 17.2. The van der Waals surface area contributed by atoms with Crippen LogP contribution in [-0.2, 0) is 36.8 Å². The fraction of sp³-hybridized carbons (Fsp3) is 0.361. The second-order valence-corrected chi connectivity index (χ2v) is 12.7. The van der Waals surface area contributed by atoms with Crippen LogP contribution in [0.25, 0.3) is 10.8 Å². The fourth-order valence-electron chi connectivity index (χ4n) is 5.79. The highest BCUT2D eigenvalue weighted by molar-refractivity contribution is 5.97. The Hall–Kier alpha value is -6.39. The van der Waals surface area contributed by atoms with Crippen LogP contribution in [0.4, 0.5) is 0 Å². The van der Waals surface area contributed by atoms with Crippen molar-refractivity contribution in [2.75, 3.05) is 19.6 Å². The molecule has 4 atom stereocenters. The van der Waals surface area contributed by atoms with Crippen molar-refractivity contribution in [1.29, 1.82) is 0 Å². The summed E-state index contributed by atoms with van der Waals surface area (Å²) < 4.78 is 0. The van der Waals surface area contributed by atoms with Gasteiger partial charge in [-0.1, -0.05) is 54.6 Å². The summed E-state index contributed by atoms with van der Waals surface area (Å²) in [6.45, 7) is -0.194. The minimum Gasteiger partial charge on any atom is -0.508 e. The number of guanidine groups is 2. The molecular weight excluding hydrogens is 682 g/mol. The van der Waals surface area contributed by atoms with Crippen molar-refractivity contribution >= 4 is 52.2 Å². The number of aliphatic imine (C=N–C) groups is 2. The maximum Gasteiger partial charge on any atom is 0.243 e. The van der Waals surface area contributed by atoms with Crippen molar-refractivity contribution < 1.29 is 29.1 Å². The summed E-state index contributed by atoms with van der Waals surface area (Å²) in [5.74, 6) is -3.66. The lowest BCUT2D eigenvalue weighted by atomic mass is 10.0. The molecule has 53 heavy (non-hydrogen) atoms. The number of hydrogen-bond acceptors (Lipinski definition) is 8. The third-order valence-corrected chi connectivity index (χ3v) is 8.49. The van der Waals surface area contributed by atoms with Crippen molar-refractivity contribution in [1.82, 2.24) is 26.6 Å². The number of fused-ring (bicyclic) bond motifs is 1. The summed E-state index contributed by atoms with van der Waals surface area (Å²) in [4.78, 5) is 76.4. The Kier molecular flexibility index (Phi) is 14.3. The van der Waals surface area contributed by atoms with Gasteiger partial charge < -0.3 is 54.6 Å². The second kappa shape index (κ2) is 19.3. The van der Waals surface area contributed by atoms with E-state index >= 15 is 0 Å². The first-order chi connectivity index (χ1) is 25.4. The van der Waals surface area contributed by atoms with Gasteiger partial charge in [0.05, 0.1) is 6.54 Å². The van der Waals surface area contributed by atoms with Gasteiger partial charge in [0.2, 0.25) is 29.5 Å². The number of carbonyl (C=O) groups is 5. The minimum absolute atomic E-state index is 0.00775. The molecule has 0 bridgehead atoms. The lowest BCUT2D eigenvalue weighted by molar-refractivity contribution is -0.134. The molecule has 3 aromatic rings. The zero-order chi connectivity index (χ0) is 38.3. The van der Waals surface area contributed by atoms with Gasteiger partial charge in [0.1, 0.15) is 29.9 Å². The second-order valence-electron chi connectivity index (χ2n) is 12.7. The molecule has 14 N–H and O–H groups in total. The highest BCUT2D eigenvalue weighted by Gasteiger charge is 2.32. The normalized spacial score (nSPS) is 20.0. The summed E-state index contributed by atoms with van der Waals surface area (Å²) in [5.41, 5.74) is 23.2. The third-order valence-electron chi connectivity index (χ3n) is 8.49. The van der Waals surface area contributed by atoms with E-state index in [1.165, 1.54) is 12.1 Å². The van der Waals surface area contributed by atoms with Gasteiger partial charge in [0.15, 0.2) is 11.9 Å². The van der Waals surface area contributed by atoms with Crippen molar-refractivity contribution in [2.24, 2.45) is 32.9 Å². The zero-order valence-corrected chi connectivity index (χ0v) is 29.2. The van der Waals surface area contributed by atoms with Crippen LogP contribution in [-0.4, -0.2) is 90.4 Å². The summed E-state index contributed by atoms with van der Waals surface area (Å²) in [6, 6.07) is 14.7. The molecule has 1 aliphatic rings. The molecule has 1 fully saturated rings. The van der Waals surface area contributed by atoms with Gasteiger partial charge in [-0.25, -0.2) is 0 Å². The third kappa shape index (κ3) is 12.7. The van der Waals surface area contributed by atoms with E-state index in [2.05, 4.69) is 36.6 Å². The number of nitrogens with zero attached hydrogens (tertiary/aromatic N) is 2. The fourth-order valence-corrected chi connectivity index (χ4v) is 5.79. The predicted molar refractivity (Wildman–Crippen MR) is 200 cm³/mol. The molecule has 0 aromatic heterocycles. The van der Waals surface area contributed by atoms with Crippen molar-refractivity contribution in [3.05, 3.63) is 77.9 Å². The average molecular weight is 730 g/mol. The van der Waals surface area contributed by atoms with E-state index in [0.29, 0.717) is 5.56 Å². The van der Waals surface area contributed by atoms with Crippen molar-refractivity contribution in [3.8, 4) is 5.75 Å². The van der Waals surface area contributed by atoms with Crippen LogP contribution in [0, 0.1) is 0 Å². The summed E-state index contributed by atoms with van der Waals surface area (Å²) >= 11 is 0. The quantitative estimate of drug-likeness (QED) is 0.0585. The number of amides is 5. The average Bonchev–Trinajstić information content (AvgIpc) is 3.12. The van der Waals surface area contributed by atoms with E-state index in [9.17, 15) is 29.1 Å². The number of phenolic OH excluding ortho intramolecular Hbond substituents is 1. The van der Waals surface area contributed by atoms with Crippen LogP contribution in [0.3, 0.4) is 0 Å². The van der Waals surface area contributed by atoms with Gasteiger partial charge in [-0.15, -0.1) is 0 Å². The molecule has 5 amide bonds. The van der Waals surface area contributed by atoms with E-state index in [4.69, 9.17) is 22.9 Å². The molecule has 0 unspecified atom stereocenters. The summed E-state index contributed by atoms with van der Waals surface area (Å²) in [7, 11) is 0. The van der Waals surface area contributed by atoms with E-state index < -0.39 is 60.2 Å². The van der Waals surface area contributed by atoms with Gasteiger partial charge in [0, 0.05) is 25.9 Å². The standard InChI is InChI=1S/C36H47N11O6/c37-35(38)41-15-3-7-26-32(51)45-27(8-4-16-42-36(39)40)33(52)47-28(18-21-10-13-25(48)14-11-21)31(50)43-20-30(49)44-29(34(53)46-26)19-22-9-12-23-5-1-2-6-24(23)17-22/h1-2,5-6,9-14,17,26-29,48H,3-4,7-8,15-16,18-20H2,(H,43,50)(H,44,49)(H,45,51)(H,46,53)(H,47,52)(H4,37,38,41)(H4,39,40,42)/t26-,27+,28-,29-/m0/s1. The van der Waals surface area contributed by atoms with Crippen LogP contribution in [0.1, 0.15) is 36.8 Å². The number of phenols is 1. The van der Waals surface area contributed by atoms with Crippen LogP contribution < -0.4 is 49.5 Å². The number of carbonyl (C=O) groups excluding carboxylic acids is 5. The van der Waals surface area contributed by atoms with Crippen LogP contribution >= 0.6 is 0 Å². The molecule has 1 aliphatic heterocycles. The van der Waals surface area contributed by atoms with Gasteiger partial charge in [-0.3, -0.25) is 34.0 Å². The largest absolute Gasteiger partial charge is 0.508 e. The first-order valence-corrected chi connectivity index (χ1v) is 17.2. The maximum atomic E-state index is 13.9. The van der Waals surface area contributed by atoms with Crippen molar-refractivity contribution in [3.63, 3.8) is 0 Å². The molecule has 0 spiro atoms.